The molecule has 0 aliphatic heterocycles. The molecule has 0 saturated carbocycles. The first-order valence-corrected chi connectivity index (χ1v) is 11.4. The van der Waals surface area contributed by atoms with Gasteiger partial charge in [0.25, 0.3) is 5.91 Å². The molecule has 0 saturated heterocycles. The molecule has 35 heavy (non-hydrogen) atoms. The SMILES string of the molecule is CCN(CC)CCNC(=O)/C=C(\NC(=O)c1cc(OC)c(OC)c(OC)c1)c1cccc(OC)c1. The number of benzene rings is 2. The van der Waals surface area contributed by atoms with Crippen LogP contribution in [0.2, 0.25) is 0 Å². The minimum Gasteiger partial charge on any atom is -0.497 e. The molecule has 0 bridgehead atoms. The summed E-state index contributed by atoms with van der Waals surface area (Å²) >= 11 is 0. The van der Waals surface area contributed by atoms with Crippen LogP contribution in [-0.4, -0.2) is 71.3 Å². The second-order valence-corrected chi connectivity index (χ2v) is 7.48. The van der Waals surface area contributed by atoms with Crippen molar-refractivity contribution in [3.05, 3.63) is 53.6 Å². The van der Waals surface area contributed by atoms with E-state index in [1.165, 1.54) is 27.4 Å². The molecule has 2 aromatic rings. The van der Waals surface area contributed by atoms with Gasteiger partial charge in [-0.05, 0) is 37.4 Å². The van der Waals surface area contributed by atoms with Crippen LogP contribution < -0.4 is 29.6 Å². The Labute approximate surface area is 207 Å². The number of likely N-dealkylation sites (N-methyl/N-ethyl adjacent to an activating group) is 1. The fourth-order valence-electron chi connectivity index (χ4n) is 3.45. The standard InChI is InChI=1S/C26H35N3O6/c1-7-29(8-2)13-12-27-24(30)17-21(18-10-9-11-20(14-18)32-3)28-26(31)19-15-22(33-4)25(35-6)23(16-19)34-5/h9-11,14-17H,7-8,12-13H2,1-6H3,(H,27,30)(H,28,31)/b21-17-. The molecule has 0 fully saturated rings. The maximum Gasteiger partial charge on any atom is 0.255 e. The van der Waals surface area contributed by atoms with E-state index in [0.29, 0.717) is 40.8 Å². The second kappa shape index (κ2) is 13.9. The van der Waals surface area contributed by atoms with Gasteiger partial charge in [-0.15, -0.1) is 0 Å². The summed E-state index contributed by atoms with van der Waals surface area (Å²) < 4.78 is 21.3. The number of rotatable bonds is 13. The predicted octanol–water partition coefficient (Wildman–Crippen LogP) is 2.95. The number of carbonyl (C=O) groups excluding carboxylic acids is 2. The highest BCUT2D eigenvalue weighted by Gasteiger charge is 2.19. The van der Waals surface area contributed by atoms with Crippen molar-refractivity contribution in [2.75, 3.05) is 54.6 Å². The van der Waals surface area contributed by atoms with Crippen molar-refractivity contribution in [1.82, 2.24) is 15.5 Å². The Bertz CT molecular complexity index is 1010. The Hall–Kier alpha value is -3.72. The lowest BCUT2D eigenvalue weighted by Gasteiger charge is -2.18. The van der Waals surface area contributed by atoms with Crippen LogP contribution in [0, 0.1) is 0 Å². The largest absolute Gasteiger partial charge is 0.497 e. The van der Waals surface area contributed by atoms with Crippen LogP contribution in [0.25, 0.3) is 5.70 Å². The lowest BCUT2D eigenvalue weighted by molar-refractivity contribution is -0.116. The van der Waals surface area contributed by atoms with Gasteiger partial charge in [-0.3, -0.25) is 9.59 Å². The van der Waals surface area contributed by atoms with Crippen molar-refractivity contribution in [2.45, 2.75) is 13.8 Å². The van der Waals surface area contributed by atoms with E-state index in [1.54, 1.807) is 43.5 Å². The number of hydrogen-bond donors (Lipinski definition) is 2. The third-order valence-corrected chi connectivity index (χ3v) is 5.45. The summed E-state index contributed by atoms with van der Waals surface area (Å²) in [6, 6.07) is 10.2. The summed E-state index contributed by atoms with van der Waals surface area (Å²) in [6.45, 7) is 7.18. The van der Waals surface area contributed by atoms with Gasteiger partial charge in [0.15, 0.2) is 11.5 Å². The fraction of sp³-hybridized carbons (Fsp3) is 0.385. The van der Waals surface area contributed by atoms with Crippen LogP contribution in [0.1, 0.15) is 29.8 Å². The minimum atomic E-state index is -0.450. The number of carbonyl (C=O) groups is 2. The van der Waals surface area contributed by atoms with E-state index >= 15 is 0 Å². The quantitative estimate of drug-likeness (QED) is 0.421. The highest BCUT2D eigenvalue weighted by molar-refractivity contribution is 6.04. The van der Waals surface area contributed by atoms with Gasteiger partial charge in [0.2, 0.25) is 11.7 Å². The Morgan fingerprint density at radius 1 is 0.886 bits per heavy atom. The Morgan fingerprint density at radius 3 is 2.09 bits per heavy atom. The van der Waals surface area contributed by atoms with Gasteiger partial charge in [-0.25, -0.2) is 0 Å². The van der Waals surface area contributed by atoms with Crippen LogP contribution in [0.3, 0.4) is 0 Å². The molecule has 9 nitrogen and oxygen atoms in total. The number of hydrogen-bond acceptors (Lipinski definition) is 7. The third-order valence-electron chi connectivity index (χ3n) is 5.45. The van der Waals surface area contributed by atoms with Gasteiger partial charge in [0, 0.05) is 30.3 Å². The summed E-state index contributed by atoms with van der Waals surface area (Å²) in [7, 11) is 5.99. The van der Waals surface area contributed by atoms with E-state index in [0.717, 1.165) is 19.6 Å². The molecular weight excluding hydrogens is 450 g/mol. The van der Waals surface area contributed by atoms with E-state index in [-0.39, 0.29) is 11.5 Å². The summed E-state index contributed by atoms with van der Waals surface area (Å²) in [5.74, 6) is 0.894. The average Bonchev–Trinajstić information content (AvgIpc) is 2.89. The van der Waals surface area contributed by atoms with Gasteiger partial charge in [0.1, 0.15) is 5.75 Å². The highest BCUT2D eigenvalue weighted by Crippen LogP contribution is 2.38. The molecule has 190 valence electrons. The maximum absolute atomic E-state index is 13.2. The topological polar surface area (TPSA) is 98.4 Å². The molecule has 2 N–H and O–H groups in total. The Morgan fingerprint density at radius 2 is 1.54 bits per heavy atom. The molecule has 0 unspecified atom stereocenters. The predicted molar refractivity (Wildman–Crippen MR) is 135 cm³/mol. The van der Waals surface area contributed by atoms with Crippen LogP contribution in [0.15, 0.2) is 42.5 Å². The molecular formula is C26H35N3O6. The number of ether oxygens (including phenoxy) is 4. The first-order chi connectivity index (χ1) is 16.9. The summed E-state index contributed by atoms with van der Waals surface area (Å²) in [5, 5.41) is 5.72. The Balaban J connectivity index is 2.34. The molecule has 0 aromatic heterocycles. The molecule has 2 amide bonds. The minimum absolute atomic E-state index is 0.273. The number of nitrogens with one attached hydrogen (secondary N) is 2. The molecule has 9 heteroatoms. The van der Waals surface area contributed by atoms with Gasteiger partial charge in [0.05, 0.1) is 34.1 Å². The highest BCUT2D eigenvalue weighted by atomic mass is 16.5. The normalized spacial score (nSPS) is 11.1. The molecule has 0 aliphatic rings. The van der Waals surface area contributed by atoms with E-state index in [2.05, 4.69) is 29.4 Å². The third kappa shape index (κ3) is 7.65. The lowest BCUT2D eigenvalue weighted by Crippen LogP contribution is -2.34. The number of methoxy groups -OCH3 is 4. The first-order valence-electron chi connectivity index (χ1n) is 11.4. The molecule has 0 aliphatic carbocycles. The van der Waals surface area contributed by atoms with Crippen molar-refractivity contribution in [3.63, 3.8) is 0 Å². The average molecular weight is 486 g/mol. The smallest absolute Gasteiger partial charge is 0.255 e. The van der Waals surface area contributed by atoms with Gasteiger partial charge in [-0.2, -0.15) is 0 Å². The molecule has 0 atom stereocenters. The second-order valence-electron chi connectivity index (χ2n) is 7.48. The molecule has 0 spiro atoms. The van der Waals surface area contributed by atoms with Crippen LogP contribution in [0.5, 0.6) is 23.0 Å². The van der Waals surface area contributed by atoms with Gasteiger partial charge in [-0.1, -0.05) is 26.0 Å². The van der Waals surface area contributed by atoms with E-state index in [4.69, 9.17) is 18.9 Å². The maximum atomic E-state index is 13.2. The monoisotopic (exact) mass is 485 g/mol. The molecule has 2 aromatic carbocycles. The zero-order chi connectivity index (χ0) is 25.8. The number of amides is 2. The van der Waals surface area contributed by atoms with Crippen LogP contribution >= 0.6 is 0 Å². The lowest BCUT2D eigenvalue weighted by atomic mass is 10.1. The van der Waals surface area contributed by atoms with Gasteiger partial charge < -0.3 is 34.5 Å². The molecule has 0 heterocycles. The zero-order valence-electron chi connectivity index (χ0n) is 21.3. The van der Waals surface area contributed by atoms with Crippen molar-refractivity contribution in [1.29, 1.82) is 0 Å². The van der Waals surface area contributed by atoms with E-state index in [1.807, 2.05) is 0 Å². The zero-order valence-corrected chi connectivity index (χ0v) is 21.3. The summed E-state index contributed by atoms with van der Waals surface area (Å²) in [6.07, 6.45) is 1.37. The van der Waals surface area contributed by atoms with Gasteiger partial charge >= 0.3 is 0 Å². The number of nitrogens with zero attached hydrogens (tertiary/aromatic N) is 1. The van der Waals surface area contributed by atoms with E-state index < -0.39 is 5.91 Å². The van der Waals surface area contributed by atoms with Crippen molar-refractivity contribution in [3.8, 4) is 23.0 Å². The molecule has 2 rings (SSSR count). The van der Waals surface area contributed by atoms with Crippen molar-refractivity contribution in [2.24, 2.45) is 0 Å². The first kappa shape index (κ1) is 27.5. The van der Waals surface area contributed by atoms with Crippen LogP contribution in [0.4, 0.5) is 0 Å². The van der Waals surface area contributed by atoms with Crippen molar-refractivity contribution >= 4 is 17.5 Å². The summed E-state index contributed by atoms with van der Waals surface area (Å²) in [4.78, 5) is 28.1. The van der Waals surface area contributed by atoms with Crippen LogP contribution in [-0.2, 0) is 4.79 Å². The molecule has 0 radical (unpaired) electrons. The van der Waals surface area contributed by atoms with E-state index in [9.17, 15) is 9.59 Å². The van der Waals surface area contributed by atoms with Crippen molar-refractivity contribution < 1.29 is 28.5 Å². The Kier molecular flexibility index (Phi) is 10.9. The fourth-order valence-corrected chi connectivity index (χ4v) is 3.45. The summed E-state index contributed by atoms with van der Waals surface area (Å²) in [5.41, 5.74) is 1.21.